The zero-order valence-electron chi connectivity index (χ0n) is 12.6. The highest BCUT2D eigenvalue weighted by molar-refractivity contribution is 6.30. The number of nitrogens with one attached hydrogen (secondary N) is 1. The number of halogens is 1. The Morgan fingerprint density at radius 2 is 1.92 bits per heavy atom. The summed E-state index contributed by atoms with van der Waals surface area (Å²) in [4.78, 5) is 8.08. The summed E-state index contributed by atoms with van der Waals surface area (Å²) in [5.74, 6) is 1.28. The number of nitriles is 1. The van der Waals surface area contributed by atoms with Crippen molar-refractivity contribution in [3.05, 3.63) is 71.0 Å². The van der Waals surface area contributed by atoms with Crippen molar-refractivity contribution in [1.29, 1.82) is 5.26 Å². The predicted octanol–water partition coefficient (Wildman–Crippen LogP) is 3.79. The number of benzene rings is 1. The van der Waals surface area contributed by atoms with Crippen LogP contribution in [0.15, 0.2) is 53.2 Å². The van der Waals surface area contributed by atoms with E-state index < -0.39 is 0 Å². The summed E-state index contributed by atoms with van der Waals surface area (Å²) in [6.45, 7) is 0.622. The fourth-order valence-electron chi connectivity index (χ4n) is 1.98. The largest absolute Gasteiger partial charge is 0.484 e. The molecule has 0 fully saturated rings. The second kappa shape index (κ2) is 7.49. The van der Waals surface area contributed by atoms with Crippen LogP contribution < -0.4 is 10.1 Å². The van der Waals surface area contributed by atoms with Gasteiger partial charge in [-0.3, -0.25) is 4.98 Å². The smallest absolute Gasteiger partial charge is 0.236 e. The van der Waals surface area contributed by atoms with Crippen LogP contribution in [0.4, 0.5) is 5.88 Å². The highest BCUT2D eigenvalue weighted by Gasteiger charge is 2.13. The predicted molar refractivity (Wildman–Crippen MR) is 88.6 cm³/mol. The van der Waals surface area contributed by atoms with Crippen molar-refractivity contribution < 1.29 is 9.15 Å². The van der Waals surface area contributed by atoms with Crippen molar-refractivity contribution in [2.24, 2.45) is 0 Å². The number of nitrogens with zero attached hydrogens (tertiary/aromatic N) is 3. The number of aromatic nitrogens is 2. The van der Waals surface area contributed by atoms with Crippen LogP contribution in [0.1, 0.15) is 17.1 Å². The maximum absolute atomic E-state index is 9.17. The van der Waals surface area contributed by atoms with E-state index >= 15 is 0 Å². The van der Waals surface area contributed by atoms with Crippen LogP contribution >= 0.6 is 11.6 Å². The molecule has 0 radical (unpaired) electrons. The Bertz CT molecular complexity index is 841. The molecule has 3 rings (SSSR count). The van der Waals surface area contributed by atoms with Gasteiger partial charge in [0.1, 0.15) is 11.8 Å². The van der Waals surface area contributed by atoms with Gasteiger partial charge in [-0.2, -0.15) is 10.2 Å². The molecule has 0 unspecified atom stereocenters. The molecular formula is C17H13ClN4O2. The molecule has 0 aliphatic heterocycles. The van der Waals surface area contributed by atoms with E-state index in [0.717, 1.165) is 5.56 Å². The molecule has 0 atom stereocenters. The van der Waals surface area contributed by atoms with Crippen LogP contribution in [0, 0.1) is 11.3 Å². The summed E-state index contributed by atoms with van der Waals surface area (Å²) in [6.07, 6.45) is 3.40. The molecule has 24 heavy (non-hydrogen) atoms. The molecule has 1 N–H and O–H groups in total. The summed E-state index contributed by atoms with van der Waals surface area (Å²) >= 11 is 5.82. The van der Waals surface area contributed by atoms with Crippen LogP contribution in [-0.2, 0) is 13.2 Å². The SMILES string of the molecule is N#Cc1nc(COc2ccc(Cl)cc2)oc1NCc1ccncc1. The average molecular weight is 341 g/mol. The zero-order chi connectivity index (χ0) is 16.8. The van der Waals surface area contributed by atoms with Gasteiger partial charge in [0, 0.05) is 24.0 Å². The minimum atomic E-state index is 0.118. The third-order valence-electron chi connectivity index (χ3n) is 3.16. The van der Waals surface area contributed by atoms with Crippen LogP contribution in [0.25, 0.3) is 0 Å². The van der Waals surface area contributed by atoms with Crippen molar-refractivity contribution in [1.82, 2.24) is 9.97 Å². The summed E-state index contributed by atoms with van der Waals surface area (Å²) in [5, 5.41) is 12.9. The van der Waals surface area contributed by atoms with E-state index in [1.165, 1.54) is 0 Å². The van der Waals surface area contributed by atoms with E-state index in [2.05, 4.69) is 15.3 Å². The van der Waals surface area contributed by atoms with Gasteiger partial charge in [0.05, 0.1) is 0 Å². The number of hydrogen-bond acceptors (Lipinski definition) is 6. The number of ether oxygens (including phenoxy) is 1. The molecule has 2 aromatic heterocycles. The molecule has 7 heteroatoms. The fraction of sp³-hybridized carbons (Fsp3) is 0.118. The number of oxazole rings is 1. The van der Waals surface area contributed by atoms with Gasteiger partial charge < -0.3 is 14.5 Å². The molecule has 6 nitrogen and oxygen atoms in total. The Morgan fingerprint density at radius 3 is 2.62 bits per heavy atom. The standard InChI is InChI=1S/C17H13ClN4O2/c18-13-1-3-14(4-2-13)23-11-16-22-15(9-19)17(24-16)21-10-12-5-7-20-8-6-12/h1-8,21H,10-11H2. The van der Waals surface area contributed by atoms with E-state index in [9.17, 15) is 0 Å². The first kappa shape index (κ1) is 15.8. The third kappa shape index (κ3) is 4.03. The van der Waals surface area contributed by atoms with Crippen molar-refractivity contribution >= 4 is 17.5 Å². The highest BCUT2D eigenvalue weighted by Crippen LogP contribution is 2.20. The monoisotopic (exact) mass is 340 g/mol. The number of hydrogen-bond donors (Lipinski definition) is 1. The van der Waals surface area contributed by atoms with Crippen LogP contribution in [-0.4, -0.2) is 9.97 Å². The Morgan fingerprint density at radius 1 is 1.17 bits per heavy atom. The lowest BCUT2D eigenvalue weighted by Crippen LogP contribution is -1.99. The first-order chi connectivity index (χ1) is 11.7. The van der Waals surface area contributed by atoms with Gasteiger partial charge in [0.2, 0.25) is 17.5 Å². The first-order valence-corrected chi connectivity index (χ1v) is 7.53. The van der Waals surface area contributed by atoms with Crippen molar-refractivity contribution in [2.45, 2.75) is 13.2 Å². The van der Waals surface area contributed by atoms with Crippen LogP contribution in [0.5, 0.6) is 5.75 Å². The first-order valence-electron chi connectivity index (χ1n) is 7.15. The molecule has 0 saturated carbocycles. The minimum absolute atomic E-state index is 0.118. The second-order valence-electron chi connectivity index (χ2n) is 4.85. The van der Waals surface area contributed by atoms with Gasteiger partial charge >= 0.3 is 0 Å². The van der Waals surface area contributed by atoms with Gasteiger partial charge in [-0.15, -0.1) is 0 Å². The van der Waals surface area contributed by atoms with E-state index in [-0.39, 0.29) is 12.3 Å². The summed E-state index contributed by atoms with van der Waals surface area (Å²) in [6, 6.07) is 12.7. The summed E-state index contributed by atoms with van der Waals surface area (Å²) < 4.78 is 11.1. The van der Waals surface area contributed by atoms with Crippen molar-refractivity contribution in [3.8, 4) is 11.8 Å². The van der Waals surface area contributed by atoms with Crippen molar-refractivity contribution in [3.63, 3.8) is 0 Å². The van der Waals surface area contributed by atoms with Crippen LogP contribution in [0.3, 0.4) is 0 Å². The Labute approximate surface area is 143 Å². The molecule has 0 amide bonds. The van der Waals surface area contributed by atoms with Gasteiger partial charge in [0.15, 0.2) is 6.61 Å². The molecule has 0 aliphatic rings. The highest BCUT2D eigenvalue weighted by atomic mass is 35.5. The molecular weight excluding hydrogens is 328 g/mol. The fourth-order valence-corrected chi connectivity index (χ4v) is 2.11. The number of anilines is 1. The van der Waals surface area contributed by atoms with Gasteiger partial charge in [-0.1, -0.05) is 11.6 Å². The molecule has 0 aliphatic carbocycles. The van der Waals surface area contributed by atoms with E-state index in [1.54, 1.807) is 36.7 Å². The maximum atomic E-state index is 9.17. The van der Waals surface area contributed by atoms with Gasteiger partial charge in [-0.05, 0) is 42.0 Å². The van der Waals surface area contributed by atoms with E-state index in [0.29, 0.717) is 29.1 Å². The number of rotatable bonds is 6. The Balaban J connectivity index is 1.64. The lowest BCUT2D eigenvalue weighted by molar-refractivity contribution is 0.265. The lowest BCUT2D eigenvalue weighted by Gasteiger charge is -2.03. The summed E-state index contributed by atoms with van der Waals surface area (Å²) in [5.41, 5.74) is 1.21. The van der Waals surface area contributed by atoms with Gasteiger partial charge in [0.25, 0.3) is 0 Å². The second-order valence-corrected chi connectivity index (χ2v) is 5.29. The van der Waals surface area contributed by atoms with Crippen LogP contribution in [0.2, 0.25) is 5.02 Å². The quantitative estimate of drug-likeness (QED) is 0.735. The Kier molecular flexibility index (Phi) is 4.94. The lowest BCUT2D eigenvalue weighted by atomic mass is 10.3. The summed E-state index contributed by atoms with van der Waals surface area (Å²) in [7, 11) is 0. The number of pyridine rings is 1. The van der Waals surface area contributed by atoms with E-state index in [1.807, 2.05) is 18.2 Å². The molecule has 1 aromatic carbocycles. The maximum Gasteiger partial charge on any atom is 0.236 e. The Hall–Kier alpha value is -3.04. The molecule has 2 heterocycles. The molecule has 0 saturated heterocycles. The minimum Gasteiger partial charge on any atom is -0.484 e. The molecule has 0 bridgehead atoms. The normalized spacial score (nSPS) is 10.2. The molecule has 3 aromatic rings. The third-order valence-corrected chi connectivity index (χ3v) is 3.41. The topological polar surface area (TPSA) is 84.0 Å². The van der Waals surface area contributed by atoms with Crippen molar-refractivity contribution in [2.75, 3.05) is 5.32 Å². The molecule has 120 valence electrons. The van der Waals surface area contributed by atoms with Gasteiger partial charge in [-0.25, -0.2) is 0 Å². The average Bonchev–Trinajstić information content (AvgIpc) is 3.03. The molecule has 0 spiro atoms. The zero-order valence-corrected chi connectivity index (χ0v) is 13.3. The van der Waals surface area contributed by atoms with E-state index in [4.69, 9.17) is 26.0 Å².